The van der Waals surface area contributed by atoms with E-state index in [4.69, 9.17) is 27.9 Å². The molecule has 3 heterocycles. The molecule has 0 unspecified atom stereocenters. The lowest BCUT2D eigenvalue weighted by molar-refractivity contribution is -0.123. The van der Waals surface area contributed by atoms with E-state index in [1.807, 2.05) is 41.4 Å². The molecular weight excluding hydrogens is 579 g/mol. The number of carbonyl (C=O) groups excluding carboxylic acids is 3. The quantitative estimate of drug-likeness (QED) is 0.266. The van der Waals surface area contributed by atoms with Crippen LogP contribution in [0, 0.1) is 11.8 Å². The topological polar surface area (TPSA) is 66.9 Å². The van der Waals surface area contributed by atoms with Crippen molar-refractivity contribution < 1.29 is 19.1 Å². The number of fused-ring (bicyclic) bond motifs is 5. The van der Waals surface area contributed by atoms with Gasteiger partial charge in [-0.25, -0.2) is 4.90 Å². The third-order valence-corrected chi connectivity index (χ3v) is 8.47. The van der Waals surface area contributed by atoms with Crippen LogP contribution in [0.25, 0.3) is 6.08 Å². The normalized spacial score (nSPS) is 23.7. The summed E-state index contributed by atoms with van der Waals surface area (Å²) >= 11 is 15.9. The van der Waals surface area contributed by atoms with Gasteiger partial charge in [-0.2, -0.15) is 0 Å². The summed E-state index contributed by atoms with van der Waals surface area (Å²) in [5.74, 6) is -2.17. The second-order valence-corrected chi connectivity index (χ2v) is 10.9. The van der Waals surface area contributed by atoms with Crippen molar-refractivity contribution in [3.8, 4) is 5.75 Å². The monoisotopic (exact) mass is 596 g/mol. The van der Waals surface area contributed by atoms with Gasteiger partial charge in [0.15, 0.2) is 5.78 Å². The second-order valence-electron chi connectivity index (χ2n) is 9.15. The summed E-state index contributed by atoms with van der Waals surface area (Å²) in [6.45, 7) is 0. The molecule has 3 aliphatic heterocycles. The number of methoxy groups -OCH3 is 1. The molecular formula is C28H19BrCl2N2O4. The van der Waals surface area contributed by atoms with Gasteiger partial charge in [0.25, 0.3) is 0 Å². The fourth-order valence-corrected chi connectivity index (χ4v) is 6.78. The average molecular weight is 598 g/mol. The Morgan fingerprint density at radius 3 is 2.46 bits per heavy atom. The van der Waals surface area contributed by atoms with E-state index in [9.17, 15) is 14.4 Å². The first-order valence-corrected chi connectivity index (χ1v) is 13.1. The minimum atomic E-state index is -0.895. The van der Waals surface area contributed by atoms with E-state index in [1.54, 1.807) is 37.4 Å². The van der Waals surface area contributed by atoms with Crippen LogP contribution in [-0.4, -0.2) is 35.6 Å². The molecule has 3 aromatic carbocycles. The highest BCUT2D eigenvalue weighted by Crippen LogP contribution is 2.54. The van der Waals surface area contributed by atoms with E-state index < -0.39 is 29.8 Å². The molecule has 0 aliphatic carbocycles. The maximum Gasteiger partial charge on any atom is 0.240 e. The van der Waals surface area contributed by atoms with Crippen molar-refractivity contribution in [2.45, 2.75) is 12.1 Å². The molecule has 2 amide bonds. The van der Waals surface area contributed by atoms with Crippen molar-refractivity contribution in [3.05, 3.63) is 98.1 Å². The van der Waals surface area contributed by atoms with E-state index in [-0.39, 0.29) is 22.4 Å². The highest BCUT2D eigenvalue weighted by atomic mass is 79.9. The Balaban J connectivity index is 1.49. The van der Waals surface area contributed by atoms with Crippen molar-refractivity contribution >= 4 is 68.5 Å². The molecule has 9 heteroatoms. The summed E-state index contributed by atoms with van der Waals surface area (Å²) < 4.78 is 5.93. The van der Waals surface area contributed by atoms with Crippen LogP contribution < -0.4 is 9.64 Å². The Hall–Kier alpha value is -3.13. The molecule has 37 heavy (non-hydrogen) atoms. The smallest absolute Gasteiger partial charge is 0.240 e. The van der Waals surface area contributed by atoms with Gasteiger partial charge in [0.1, 0.15) is 11.8 Å². The van der Waals surface area contributed by atoms with Gasteiger partial charge in [0.05, 0.1) is 40.2 Å². The number of halogens is 3. The predicted octanol–water partition coefficient (Wildman–Crippen LogP) is 6.16. The molecule has 2 fully saturated rings. The summed E-state index contributed by atoms with van der Waals surface area (Å²) in [4.78, 5) is 45.0. The summed E-state index contributed by atoms with van der Waals surface area (Å²) in [5.41, 5.74) is 2.52. The lowest BCUT2D eigenvalue weighted by atomic mass is 9.83. The van der Waals surface area contributed by atoms with Gasteiger partial charge in [-0.05, 0) is 69.5 Å². The SMILES string of the molecule is COc1ccc(C(=O)[C@@H]2[C@@H]3C(=O)N(c4ccc(Cl)cc4Cl)C(=O)[C@H]3[C@H]3c4ccccc4C=CN23)cc1Br. The Labute approximate surface area is 231 Å². The largest absolute Gasteiger partial charge is 0.496 e. The van der Waals surface area contributed by atoms with E-state index >= 15 is 0 Å². The van der Waals surface area contributed by atoms with Crippen LogP contribution in [0.2, 0.25) is 10.0 Å². The summed E-state index contributed by atoms with van der Waals surface area (Å²) in [7, 11) is 1.54. The lowest BCUT2D eigenvalue weighted by Gasteiger charge is -2.35. The molecule has 0 N–H and O–H groups in total. The Bertz CT molecular complexity index is 1520. The third kappa shape index (κ3) is 3.63. The molecule has 186 valence electrons. The van der Waals surface area contributed by atoms with Crippen molar-refractivity contribution in [2.24, 2.45) is 11.8 Å². The highest BCUT2D eigenvalue weighted by Gasteiger charge is 2.64. The number of hydrogen-bond acceptors (Lipinski definition) is 5. The van der Waals surface area contributed by atoms with Crippen LogP contribution in [0.15, 0.2) is 71.3 Å². The Morgan fingerprint density at radius 2 is 1.73 bits per heavy atom. The highest BCUT2D eigenvalue weighted by molar-refractivity contribution is 9.10. The standard InChI is InChI=1S/C28H19BrCl2N2O4/c1-37-21-9-6-15(12-18(21)29)26(34)25-23-22(24-17-5-3-2-4-14(17)10-11-32(24)25)27(35)33(28(23)36)20-8-7-16(30)13-19(20)31/h2-13,22-25H,1H3/t22-,23-,24-,25+/m1/s1. The molecule has 6 rings (SSSR count). The van der Waals surface area contributed by atoms with Crippen molar-refractivity contribution in [1.29, 1.82) is 0 Å². The van der Waals surface area contributed by atoms with Crippen LogP contribution in [-0.2, 0) is 9.59 Å². The van der Waals surface area contributed by atoms with E-state index in [1.165, 1.54) is 6.07 Å². The van der Waals surface area contributed by atoms with Crippen LogP contribution in [0.4, 0.5) is 5.69 Å². The van der Waals surface area contributed by atoms with Crippen LogP contribution in [0.5, 0.6) is 5.75 Å². The Morgan fingerprint density at radius 1 is 0.973 bits per heavy atom. The van der Waals surface area contributed by atoms with Crippen LogP contribution >= 0.6 is 39.1 Å². The molecule has 3 aromatic rings. The number of imide groups is 1. The molecule has 0 aromatic heterocycles. The fraction of sp³-hybridized carbons (Fsp3) is 0.179. The number of benzene rings is 3. The molecule has 2 saturated heterocycles. The zero-order valence-corrected chi connectivity index (χ0v) is 22.5. The number of Topliss-reactive ketones (excluding diaryl/α,β-unsaturated/α-hetero) is 1. The van der Waals surface area contributed by atoms with Gasteiger partial charge in [-0.3, -0.25) is 14.4 Å². The van der Waals surface area contributed by atoms with Crippen LogP contribution in [0.3, 0.4) is 0 Å². The molecule has 0 bridgehead atoms. The number of ketones is 1. The minimum Gasteiger partial charge on any atom is -0.496 e. The average Bonchev–Trinajstić information content (AvgIpc) is 3.36. The van der Waals surface area contributed by atoms with Gasteiger partial charge in [0.2, 0.25) is 11.8 Å². The third-order valence-electron chi connectivity index (χ3n) is 7.32. The van der Waals surface area contributed by atoms with E-state index in [0.717, 1.165) is 16.0 Å². The van der Waals surface area contributed by atoms with Gasteiger partial charge in [-0.15, -0.1) is 0 Å². The van der Waals surface area contributed by atoms with Gasteiger partial charge in [0, 0.05) is 16.8 Å². The molecule has 0 radical (unpaired) electrons. The molecule has 4 atom stereocenters. The number of rotatable bonds is 4. The van der Waals surface area contributed by atoms with Crippen molar-refractivity contribution in [1.82, 2.24) is 4.90 Å². The maximum atomic E-state index is 14.1. The van der Waals surface area contributed by atoms with Gasteiger partial charge < -0.3 is 9.64 Å². The summed E-state index contributed by atoms with van der Waals surface area (Å²) in [5, 5.41) is 0.584. The number of ether oxygens (including phenoxy) is 1. The molecule has 0 saturated carbocycles. The lowest BCUT2D eigenvalue weighted by Crippen LogP contribution is -2.44. The van der Waals surface area contributed by atoms with Crippen LogP contribution in [0.1, 0.15) is 27.5 Å². The molecule has 0 spiro atoms. The fourth-order valence-electron chi connectivity index (χ4n) is 5.75. The maximum absolute atomic E-state index is 14.1. The molecule has 6 nitrogen and oxygen atoms in total. The van der Waals surface area contributed by atoms with Crippen molar-refractivity contribution in [3.63, 3.8) is 0 Å². The second kappa shape index (κ2) is 9.01. The number of nitrogens with zero attached hydrogens (tertiary/aromatic N) is 2. The minimum absolute atomic E-state index is 0.192. The molecule has 3 aliphatic rings. The zero-order valence-electron chi connectivity index (χ0n) is 19.4. The van der Waals surface area contributed by atoms with E-state index in [2.05, 4.69) is 15.9 Å². The van der Waals surface area contributed by atoms with Crippen molar-refractivity contribution in [2.75, 3.05) is 12.0 Å². The Kier molecular flexibility index (Phi) is 5.90. The summed E-state index contributed by atoms with van der Waals surface area (Å²) in [6, 6.07) is 16.1. The first-order valence-electron chi connectivity index (χ1n) is 11.6. The zero-order chi connectivity index (χ0) is 26.0. The first-order chi connectivity index (χ1) is 17.8. The number of amides is 2. The first kappa shape index (κ1) is 24.2. The number of carbonyl (C=O) groups is 3. The van der Waals surface area contributed by atoms with Gasteiger partial charge in [-0.1, -0.05) is 47.5 Å². The number of hydrogen-bond donors (Lipinski definition) is 0. The number of anilines is 1. The summed E-state index contributed by atoms with van der Waals surface area (Å²) in [6.07, 6.45) is 3.74. The van der Waals surface area contributed by atoms with E-state index in [0.29, 0.717) is 20.8 Å². The predicted molar refractivity (Wildman–Crippen MR) is 145 cm³/mol. The van der Waals surface area contributed by atoms with Gasteiger partial charge >= 0.3 is 0 Å².